The van der Waals surface area contributed by atoms with E-state index in [0.717, 1.165) is 25.7 Å². The van der Waals surface area contributed by atoms with Crippen LogP contribution < -0.4 is 16.0 Å². The van der Waals surface area contributed by atoms with E-state index in [0.29, 0.717) is 6.42 Å². The first kappa shape index (κ1) is 26.7. The Balaban J connectivity index is 4.40. The van der Waals surface area contributed by atoms with Crippen molar-refractivity contribution < 1.29 is 34.2 Å². The quantitative estimate of drug-likeness (QED) is 0.151. The summed E-state index contributed by atoms with van der Waals surface area (Å²) in [5.74, 6) is -4.23. The molecule has 0 aromatic heterocycles. The van der Waals surface area contributed by atoms with E-state index in [1.165, 1.54) is 0 Å². The molecular formula is C18H31N3O7S. The summed E-state index contributed by atoms with van der Waals surface area (Å²) in [7, 11) is 0. The SMILES string of the molecule is CCCCCCCC(=O)NC(CCC(=O)NC(CS)C(=O)NCC(=O)O)C(=O)O. The topological polar surface area (TPSA) is 162 Å². The predicted molar refractivity (Wildman–Crippen MR) is 109 cm³/mol. The maximum Gasteiger partial charge on any atom is 0.326 e. The summed E-state index contributed by atoms with van der Waals surface area (Å²) in [4.78, 5) is 57.5. The molecule has 29 heavy (non-hydrogen) atoms. The van der Waals surface area contributed by atoms with E-state index < -0.39 is 42.4 Å². The minimum absolute atomic E-state index is 0.0612. The number of carbonyl (C=O) groups is 5. The third kappa shape index (κ3) is 13.5. The molecule has 0 bridgehead atoms. The largest absolute Gasteiger partial charge is 0.480 e. The molecule has 0 aliphatic heterocycles. The van der Waals surface area contributed by atoms with Crippen LogP contribution in [0.3, 0.4) is 0 Å². The van der Waals surface area contributed by atoms with Crippen molar-refractivity contribution in [2.75, 3.05) is 12.3 Å². The van der Waals surface area contributed by atoms with Gasteiger partial charge in [-0.2, -0.15) is 12.6 Å². The number of carboxylic acids is 2. The Labute approximate surface area is 175 Å². The average Bonchev–Trinajstić information content (AvgIpc) is 2.66. The van der Waals surface area contributed by atoms with E-state index in [1.807, 2.05) is 0 Å². The second-order valence-corrected chi connectivity index (χ2v) is 6.94. The third-order valence-corrected chi connectivity index (χ3v) is 4.41. The molecule has 2 unspecified atom stereocenters. The number of carboxylic acid groups (broad SMARTS) is 2. The molecule has 0 radical (unpaired) electrons. The molecule has 0 saturated carbocycles. The van der Waals surface area contributed by atoms with Crippen molar-refractivity contribution in [3.8, 4) is 0 Å². The fraction of sp³-hybridized carbons (Fsp3) is 0.722. The lowest BCUT2D eigenvalue weighted by atomic mass is 10.1. The molecule has 5 N–H and O–H groups in total. The van der Waals surface area contributed by atoms with Gasteiger partial charge in [-0.05, 0) is 12.8 Å². The maximum atomic E-state index is 12.0. The van der Waals surface area contributed by atoms with E-state index in [2.05, 4.69) is 35.5 Å². The lowest BCUT2D eigenvalue weighted by Crippen LogP contribution is -2.49. The van der Waals surface area contributed by atoms with Gasteiger partial charge in [0.1, 0.15) is 18.6 Å². The third-order valence-electron chi connectivity index (χ3n) is 4.05. The number of carbonyl (C=O) groups excluding carboxylic acids is 3. The number of nitrogens with one attached hydrogen (secondary N) is 3. The van der Waals surface area contributed by atoms with E-state index in [9.17, 15) is 29.1 Å². The van der Waals surface area contributed by atoms with Gasteiger partial charge in [-0.15, -0.1) is 0 Å². The Bertz CT molecular complexity index is 572. The van der Waals surface area contributed by atoms with Gasteiger partial charge < -0.3 is 26.2 Å². The molecular weight excluding hydrogens is 402 g/mol. The lowest BCUT2D eigenvalue weighted by molar-refractivity contribution is -0.142. The molecule has 2 atom stereocenters. The summed E-state index contributed by atoms with van der Waals surface area (Å²) in [6.07, 6.45) is 4.64. The zero-order valence-electron chi connectivity index (χ0n) is 16.6. The van der Waals surface area contributed by atoms with Crippen molar-refractivity contribution in [3.63, 3.8) is 0 Å². The zero-order valence-corrected chi connectivity index (χ0v) is 17.5. The second-order valence-electron chi connectivity index (χ2n) is 6.58. The molecule has 0 aliphatic rings. The van der Waals surface area contributed by atoms with Crippen LogP contribution in [0.2, 0.25) is 0 Å². The predicted octanol–water partition coefficient (Wildman–Crippen LogP) is 0.312. The summed E-state index contributed by atoms with van der Waals surface area (Å²) in [6, 6.07) is -2.26. The zero-order chi connectivity index (χ0) is 22.2. The molecule has 0 aromatic carbocycles. The van der Waals surface area contributed by atoms with Gasteiger partial charge in [0, 0.05) is 18.6 Å². The summed E-state index contributed by atoms with van der Waals surface area (Å²) >= 11 is 3.94. The average molecular weight is 434 g/mol. The van der Waals surface area contributed by atoms with E-state index >= 15 is 0 Å². The lowest BCUT2D eigenvalue weighted by Gasteiger charge is -2.17. The first-order valence-electron chi connectivity index (χ1n) is 9.63. The Morgan fingerprint density at radius 1 is 0.862 bits per heavy atom. The van der Waals surface area contributed by atoms with Crippen LogP contribution in [0.25, 0.3) is 0 Å². The van der Waals surface area contributed by atoms with Gasteiger partial charge in [-0.25, -0.2) is 4.79 Å². The van der Waals surface area contributed by atoms with Crippen LogP contribution in [0.5, 0.6) is 0 Å². The fourth-order valence-electron chi connectivity index (χ4n) is 2.43. The van der Waals surface area contributed by atoms with Crippen molar-refractivity contribution in [2.45, 2.75) is 70.4 Å². The highest BCUT2D eigenvalue weighted by Crippen LogP contribution is 2.06. The number of hydrogen-bond donors (Lipinski definition) is 6. The van der Waals surface area contributed by atoms with Crippen molar-refractivity contribution in [3.05, 3.63) is 0 Å². The minimum atomic E-state index is -1.25. The summed E-state index contributed by atoms with van der Waals surface area (Å²) < 4.78 is 0. The van der Waals surface area contributed by atoms with Crippen LogP contribution in [0.1, 0.15) is 58.3 Å². The molecule has 11 heteroatoms. The van der Waals surface area contributed by atoms with Crippen molar-refractivity contribution in [1.29, 1.82) is 0 Å². The van der Waals surface area contributed by atoms with E-state index in [-0.39, 0.29) is 30.9 Å². The van der Waals surface area contributed by atoms with Gasteiger partial charge in [0.05, 0.1) is 0 Å². The smallest absolute Gasteiger partial charge is 0.326 e. The Hall–Kier alpha value is -2.30. The van der Waals surface area contributed by atoms with E-state index in [1.54, 1.807) is 0 Å². The molecule has 0 aliphatic carbocycles. The number of aliphatic carboxylic acids is 2. The molecule has 166 valence electrons. The highest BCUT2D eigenvalue weighted by molar-refractivity contribution is 7.80. The number of unbranched alkanes of at least 4 members (excludes halogenated alkanes) is 4. The van der Waals surface area contributed by atoms with Crippen molar-refractivity contribution in [2.24, 2.45) is 0 Å². The van der Waals surface area contributed by atoms with Gasteiger partial charge in [-0.1, -0.05) is 32.6 Å². The molecule has 0 aromatic rings. The summed E-state index contributed by atoms with van der Waals surface area (Å²) in [5, 5.41) is 24.7. The normalized spacial score (nSPS) is 12.5. The molecule has 0 heterocycles. The van der Waals surface area contributed by atoms with Crippen LogP contribution in [-0.2, 0) is 24.0 Å². The number of amides is 3. The molecule has 3 amide bonds. The van der Waals surface area contributed by atoms with Crippen LogP contribution in [0, 0.1) is 0 Å². The Kier molecular flexibility index (Phi) is 14.4. The minimum Gasteiger partial charge on any atom is -0.480 e. The monoisotopic (exact) mass is 433 g/mol. The molecule has 0 saturated heterocycles. The molecule has 0 rings (SSSR count). The Morgan fingerprint density at radius 3 is 2.00 bits per heavy atom. The second kappa shape index (κ2) is 15.6. The number of thiol groups is 1. The first-order valence-corrected chi connectivity index (χ1v) is 10.3. The maximum absolute atomic E-state index is 12.0. The van der Waals surface area contributed by atoms with Gasteiger partial charge in [0.25, 0.3) is 0 Å². The highest BCUT2D eigenvalue weighted by Gasteiger charge is 2.23. The highest BCUT2D eigenvalue weighted by atomic mass is 32.1. The number of hydrogen-bond acceptors (Lipinski definition) is 6. The van der Waals surface area contributed by atoms with Crippen molar-refractivity contribution in [1.82, 2.24) is 16.0 Å². The summed E-state index contributed by atoms with van der Waals surface area (Å²) in [6.45, 7) is 1.49. The van der Waals surface area contributed by atoms with Gasteiger partial charge >= 0.3 is 11.9 Å². The number of rotatable bonds is 16. The fourth-order valence-corrected chi connectivity index (χ4v) is 2.69. The van der Waals surface area contributed by atoms with Crippen LogP contribution in [0.4, 0.5) is 0 Å². The van der Waals surface area contributed by atoms with Gasteiger partial charge in [0.15, 0.2) is 0 Å². The Morgan fingerprint density at radius 2 is 1.45 bits per heavy atom. The summed E-state index contributed by atoms with van der Waals surface area (Å²) in [5.41, 5.74) is 0. The van der Waals surface area contributed by atoms with Crippen LogP contribution in [0.15, 0.2) is 0 Å². The van der Waals surface area contributed by atoms with E-state index in [4.69, 9.17) is 5.11 Å². The molecule has 0 fully saturated rings. The molecule has 10 nitrogen and oxygen atoms in total. The standard InChI is InChI=1S/C18H31N3O7S/c1-2-3-4-5-6-7-14(22)20-12(18(27)28)8-9-15(23)21-13(11-29)17(26)19-10-16(24)25/h12-13,29H,2-11H2,1H3,(H,19,26)(H,20,22)(H,21,23)(H,24,25)(H,27,28). The first-order chi connectivity index (χ1) is 13.7. The van der Waals surface area contributed by atoms with Gasteiger partial charge in [0.2, 0.25) is 17.7 Å². The molecule has 0 spiro atoms. The van der Waals surface area contributed by atoms with Crippen LogP contribution >= 0.6 is 12.6 Å². The van der Waals surface area contributed by atoms with Crippen LogP contribution in [-0.4, -0.2) is 64.3 Å². The van der Waals surface area contributed by atoms with Crippen molar-refractivity contribution >= 4 is 42.3 Å². The van der Waals surface area contributed by atoms with Gasteiger partial charge in [-0.3, -0.25) is 19.2 Å².